The molecule has 0 saturated heterocycles. The van der Waals surface area contributed by atoms with Gasteiger partial charge < -0.3 is 5.11 Å². The maximum absolute atomic E-state index is 12.4. The molecule has 0 amide bonds. The molecule has 1 rings (SSSR count). The van der Waals surface area contributed by atoms with Gasteiger partial charge in [-0.1, -0.05) is 6.92 Å². The Kier molecular flexibility index (Phi) is 5.55. The molecule has 1 heterocycles. The summed E-state index contributed by atoms with van der Waals surface area (Å²) >= 11 is 0. The second kappa shape index (κ2) is 6.74. The van der Waals surface area contributed by atoms with Crippen LogP contribution >= 0.6 is 0 Å². The van der Waals surface area contributed by atoms with Gasteiger partial charge in [0.1, 0.15) is 0 Å². The van der Waals surface area contributed by atoms with Gasteiger partial charge in [0.05, 0.1) is 18.8 Å². The first-order valence-electron chi connectivity index (χ1n) is 6.26. The number of halogens is 3. The Morgan fingerprint density at radius 2 is 2.20 bits per heavy atom. The zero-order valence-corrected chi connectivity index (χ0v) is 11.4. The Morgan fingerprint density at radius 3 is 2.70 bits per heavy atom. The van der Waals surface area contributed by atoms with Crippen molar-refractivity contribution in [3.8, 4) is 0 Å². The number of carbonyl (C=O) groups is 1. The van der Waals surface area contributed by atoms with Crippen molar-refractivity contribution in [2.24, 2.45) is 0 Å². The Bertz CT molecular complexity index is 445. The minimum atomic E-state index is -4.44. The molecule has 0 saturated carbocycles. The van der Waals surface area contributed by atoms with Gasteiger partial charge in [0.25, 0.3) is 0 Å². The molecule has 1 aromatic rings. The van der Waals surface area contributed by atoms with Crippen LogP contribution in [0.3, 0.4) is 0 Å². The van der Waals surface area contributed by atoms with Gasteiger partial charge in [-0.2, -0.15) is 18.3 Å². The second-order valence-corrected chi connectivity index (χ2v) is 4.70. The molecule has 1 N–H and O–H groups in total. The normalized spacial score (nSPS) is 13.7. The highest BCUT2D eigenvalue weighted by Gasteiger charge is 2.31. The molecule has 1 aromatic heterocycles. The fourth-order valence-corrected chi connectivity index (χ4v) is 1.74. The lowest BCUT2D eigenvalue weighted by Crippen LogP contribution is -2.37. The van der Waals surface area contributed by atoms with Crippen LogP contribution in [0.2, 0.25) is 0 Å². The molecule has 1 atom stereocenters. The molecule has 1 unspecified atom stereocenters. The van der Waals surface area contributed by atoms with Crippen LogP contribution < -0.4 is 0 Å². The van der Waals surface area contributed by atoms with Crippen molar-refractivity contribution >= 4 is 5.97 Å². The van der Waals surface area contributed by atoms with E-state index in [1.807, 2.05) is 13.8 Å². The number of hydrogen-bond acceptors (Lipinski definition) is 3. The second-order valence-electron chi connectivity index (χ2n) is 4.70. The standard InChI is InChI=1S/C12H18F3N3O2/c1-3-9(2)18-5-4-10(16-18)6-17(7-11(19)20)8-12(13,14)15/h4-5,9H,3,6-8H2,1-2H3,(H,19,20). The molecule has 0 spiro atoms. The fraction of sp³-hybridized carbons (Fsp3) is 0.667. The van der Waals surface area contributed by atoms with Gasteiger partial charge in [-0.15, -0.1) is 0 Å². The number of aromatic nitrogens is 2. The number of rotatable bonds is 7. The molecule has 5 nitrogen and oxygen atoms in total. The average Bonchev–Trinajstić information content (AvgIpc) is 2.73. The quantitative estimate of drug-likeness (QED) is 0.838. The Balaban J connectivity index is 2.73. The van der Waals surface area contributed by atoms with Gasteiger partial charge in [0.15, 0.2) is 0 Å². The average molecular weight is 293 g/mol. The molecule has 0 bridgehead atoms. The summed E-state index contributed by atoms with van der Waals surface area (Å²) in [6, 6.07) is 1.76. The fourth-order valence-electron chi connectivity index (χ4n) is 1.74. The van der Waals surface area contributed by atoms with E-state index in [1.165, 1.54) is 0 Å². The lowest BCUT2D eigenvalue weighted by Gasteiger charge is -2.20. The zero-order valence-electron chi connectivity index (χ0n) is 11.4. The van der Waals surface area contributed by atoms with Crippen LogP contribution in [0, 0.1) is 0 Å². The molecule has 0 aliphatic rings. The minimum Gasteiger partial charge on any atom is -0.480 e. The van der Waals surface area contributed by atoms with Crippen LogP contribution in [0.25, 0.3) is 0 Å². The van der Waals surface area contributed by atoms with E-state index in [-0.39, 0.29) is 12.6 Å². The molecule has 0 radical (unpaired) electrons. The molecule has 20 heavy (non-hydrogen) atoms. The largest absolute Gasteiger partial charge is 0.480 e. The highest BCUT2D eigenvalue weighted by Crippen LogP contribution is 2.18. The summed E-state index contributed by atoms with van der Waals surface area (Å²) in [6.45, 7) is 1.84. The van der Waals surface area contributed by atoms with E-state index in [0.717, 1.165) is 11.3 Å². The summed E-state index contributed by atoms with van der Waals surface area (Å²) in [4.78, 5) is 11.4. The molecule has 0 aromatic carbocycles. The molecular weight excluding hydrogens is 275 g/mol. The van der Waals surface area contributed by atoms with Gasteiger partial charge in [-0.25, -0.2) is 0 Å². The monoisotopic (exact) mass is 293 g/mol. The number of hydrogen-bond donors (Lipinski definition) is 1. The first kappa shape index (κ1) is 16.5. The summed E-state index contributed by atoms with van der Waals surface area (Å²) in [5.74, 6) is -1.30. The molecule has 0 fully saturated rings. The van der Waals surface area contributed by atoms with E-state index in [4.69, 9.17) is 5.11 Å². The van der Waals surface area contributed by atoms with E-state index in [0.29, 0.717) is 5.69 Å². The lowest BCUT2D eigenvalue weighted by molar-refractivity contribution is -0.155. The van der Waals surface area contributed by atoms with Crippen molar-refractivity contribution in [2.75, 3.05) is 13.1 Å². The number of alkyl halides is 3. The van der Waals surface area contributed by atoms with Crippen molar-refractivity contribution in [3.63, 3.8) is 0 Å². The lowest BCUT2D eigenvalue weighted by atomic mass is 10.3. The number of carboxylic acids is 1. The predicted octanol–water partition coefficient (Wildman–Crippen LogP) is 2.30. The SMILES string of the molecule is CCC(C)n1ccc(CN(CC(=O)O)CC(F)(F)F)n1. The van der Waals surface area contributed by atoms with Crippen LogP contribution in [0.1, 0.15) is 32.0 Å². The summed E-state index contributed by atoms with van der Waals surface area (Å²) in [5.41, 5.74) is 0.427. The molecule has 114 valence electrons. The smallest absolute Gasteiger partial charge is 0.401 e. The van der Waals surface area contributed by atoms with Crippen LogP contribution in [-0.2, 0) is 11.3 Å². The predicted molar refractivity (Wildman–Crippen MR) is 66.2 cm³/mol. The Hall–Kier alpha value is -1.57. The first-order chi connectivity index (χ1) is 9.21. The zero-order chi connectivity index (χ0) is 15.3. The maximum Gasteiger partial charge on any atom is 0.401 e. The minimum absolute atomic E-state index is 0.144. The van der Waals surface area contributed by atoms with E-state index < -0.39 is 25.2 Å². The van der Waals surface area contributed by atoms with Crippen molar-refractivity contribution in [1.29, 1.82) is 0 Å². The van der Waals surface area contributed by atoms with Crippen LogP contribution in [0.15, 0.2) is 12.3 Å². The summed E-state index contributed by atoms with van der Waals surface area (Å²) in [6.07, 6.45) is -1.90. The van der Waals surface area contributed by atoms with E-state index in [9.17, 15) is 18.0 Å². The van der Waals surface area contributed by atoms with E-state index in [2.05, 4.69) is 5.10 Å². The first-order valence-corrected chi connectivity index (χ1v) is 6.26. The van der Waals surface area contributed by atoms with Gasteiger partial charge >= 0.3 is 12.1 Å². The van der Waals surface area contributed by atoms with Crippen LogP contribution in [-0.4, -0.2) is 45.0 Å². The van der Waals surface area contributed by atoms with Crippen molar-refractivity contribution in [3.05, 3.63) is 18.0 Å². The number of carboxylic acid groups (broad SMARTS) is 1. The number of nitrogens with zero attached hydrogens (tertiary/aromatic N) is 3. The highest BCUT2D eigenvalue weighted by atomic mass is 19.4. The van der Waals surface area contributed by atoms with Crippen molar-refractivity contribution in [1.82, 2.24) is 14.7 Å². The Morgan fingerprint density at radius 1 is 1.55 bits per heavy atom. The Labute approximate surface area is 115 Å². The van der Waals surface area contributed by atoms with Gasteiger partial charge in [-0.3, -0.25) is 14.4 Å². The number of aliphatic carboxylic acids is 1. The van der Waals surface area contributed by atoms with E-state index in [1.54, 1.807) is 16.9 Å². The molecule has 0 aliphatic carbocycles. The van der Waals surface area contributed by atoms with Gasteiger partial charge in [0, 0.05) is 18.8 Å². The van der Waals surface area contributed by atoms with Gasteiger partial charge in [0.2, 0.25) is 0 Å². The maximum atomic E-state index is 12.4. The third kappa shape index (κ3) is 5.60. The summed E-state index contributed by atoms with van der Waals surface area (Å²) < 4.78 is 38.8. The highest BCUT2D eigenvalue weighted by molar-refractivity contribution is 5.69. The topological polar surface area (TPSA) is 58.4 Å². The van der Waals surface area contributed by atoms with E-state index >= 15 is 0 Å². The third-order valence-electron chi connectivity index (χ3n) is 2.85. The molecule has 8 heteroatoms. The van der Waals surface area contributed by atoms with Crippen molar-refractivity contribution in [2.45, 2.75) is 39.0 Å². The third-order valence-corrected chi connectivity index (χ3v) is 2.85. The molecular formula is C12H18F3N3O2. The molecule has 0 aliphatic heterocycles. The summed E-state index contributed by atoms with van der Waals surface area (Å²) in [7, 11) is 0. The van der Waals surface area contributed by atoms with Crippen molar-refractivity contribution < 1.29 is 23.1 Å². The summed E-state index contributed by atoms with van der Waals surface area (Å²) in [5, 5.41) is 12.8. The van der Waals surface area contributed by atoms with Gasteiger partial charge in [-0.05, 0) is 19.4 Å². The van der Waals surface area contributed by atoms with Crippen LogP contribution in [0.5, 0.6) is 0 Å². The van der Waals surface area contributed by atoms with Crippen LogP contribution in [0.4, 0.5) is 13.2 Å².